The van der Waals surface area contributed by atoms with Gasteiger partial charge in [0.2, 0.25) is 15.0 Å². The zero-order valence-electron chi connectivity index (χ0n) is 12.4. The Bertz CT molecular complexity index is 1010. The maximum Gasteiger partial charge on any atom is 0.240 e. The summed E-state index contributed by atoms with van der Waals surface area (Å²) in [7, 11) is -3.66. The minimum atomic E-state index is -3.66. The predicted molar refractivity (Wildman–Crippen MR) is 85.5 cm³/mol. The molecular weight excluding hydrogens is 334 g/mol. The molecule has 1 aromatic carbocycles. The third-order valence-electron chi connectivity index (χ3n) is 3.32. The van der Waals surface area contributed by atoms with Gasteiger partial charge in [-0.1, -0.05) is 11.3 Å². The molecule has 0 unspecified atom stereocenters. The summed E-state index contributed by atoms with van der Waals surface area (Å²) >= 11 is 1.45. The lowest BCUT2D eigenvalue weighted by atomic mass is 10.2. The van der Waals surface area contributed by atoms with Crippen LogP contribution in [0.2, 0.25) is 0 Å². The monoisotopic (exact) mass is 347 g/mol. The first-order valence-electron chi connectivity index (χ1n) is 6.72. The van der Waals surface area contributed by atoms with E-state index in [0.29, 0.717) is 11.3 Å². The molecule has 0 spiro atoms. The van der Waals surface area contributed by atoms with Crippen molar-refractivity contribution < 1.29 is 8.42 Å². The van der Waals surface area contributed by atoms with Gasteiger partial charge in [0.15, 0.2) is 0 Å². The van der Waals surface area contributed by atoms with E-state index in [-0.39, 0.29) is 11.4 Å². The van der Waals surface area contributed by atoms with E-state index in [1.165, 1.54) is 35.6 Å². The molecule has 0 fully saturated rings. The Morgan fingerprint density at radius 3 is 2.65 bits per heavy atom. The van der Waals surface area contributed by atoms with Gasteiger partial charge >= 0.3 is 0 Å². The van der Waals surface area contributed by atoms with E-state index in [9.17, 15) is 8.42 Å². The van der Waals surface area contributed by atoms with E-state index in [1.54, 1.807) is 4.52 Å². The predicted octanol–water partition coefficient (Wildman–Crippen LogP) is 1.76. The summed E-state index contributed by atoms with van der Waals surface area (Å²) in [5, 5.41) is 14.0. The lowest BCUT2D eigenvalue weighted by Gasteiger charge is -2.06. The summed E-state index contributed by atoms with van der Waals surface area (Å²) in [6.45, 7) is 3.79. The van der Waals surface area contributed by atoms with Gasteiger partial charge in [0.05, 0.1) is 34.5 Å². The van der Waals surface area contributed by atoms with Crippen molar-refractivity contribution in [3.8, 4) is 6.07 Å². The van der Waals surface area contributed by atoms with Crippen molar-refractivity contribution in [3.05, 3.63) is 46.2 Å². The van der Waals surface area contributed by atoms with Crippen LogP contribution in [0.3, 0.4) is 0 Å². The second-order valence-electron chi connectivity index (χ2n) is 4.92. The summed E-state index contributed by atoms with van der Waals surface area (Å²) < 4.78 is 28.9. The highest BCUT2D eigenvalue weighted by Crippen LogP contribution is 2.18. The first kappa shape index (κ1) is 15.6. The van der Waals surface area contributed by atoms with Crippen LogP contribution in [0.25, 0.3) is 4.96 Å². The molecule has 2 heterocycles. The minimum Gasteiger partial charge on any atom is -0.223 e. The molecule has 3 aromatic rings. The molecule has 118 valence electrons. The fourth-order valence-corrected chi connectivity index (χ4v) is 3.94. The quantitative estimate of drug-likeness (QED) is 0.775. The van der Waals surface area contributed by atoms with Crippen molar-refractivity contribution in [2.24, 2.45) is 0 Å². The van der Waals surface area contributed by atoms with Gasteiger partial charge in [-0.15, -0.1) is 0 Å². The van der Waals surface area contributed by atoms with Crippen LogP contribution in [-0.4, -0.2) is 23.0 Å². The van der Waals surface area contributed by atoms with Crippen LogP contribution in [0.15, 0.2) is 29.2 Å². The molecule has 9 heteroatoms. The third kappa shape index (κ3) is 2.96. The smallest absolute Gasteiger partial charge is 0.223 e. The van der Waals surface area contributed by atoms with Gasteiger partial charge in [0, 0.05) is 0 Å². The molecule has 23 heavy (non-hydrogen) atoms. The maximum atomic E-state index is 12.3. The molecule has 0 saturated heterocycles. The van der Waals surface area contributed by atoms with Crippen LogP contribution >= 0.6 is 11.3 Å². The van der Waals surface area contributed by atoms with E-state index in [2.05, 4.69) is 14.8 Å². The molecule has 3 rings (SSSR count). The average molecular weight is 347 g/mol. The molecular formula is C14H13N5O2S2. The summed E-state index contributed by atoms with van der Waals surface area (Å²) in [5.41, 5.74) is 1.86. The number of nitrogens with zero attached hydrogens (tertiary/aromatic N) is 4. The van der Waals surface area contributed by atoms with Crippen LogP contribution in [0.1, 0.15) is 22.0 Å². The number of aryl methyl sites for hydroxylation is 2. The highest BCUT2D eigenvalue weighted by Gasteiger charge is 2.18. The van der Waals surface area contributed by atoms with E-state index < -0.39 is 10.0 Å². The van der Waals surface area contributed by atoms with Crippen molar-refractivity contribution in [1.29, 1.82) is 5.26 Å². The fourth-order valence-electron chi connectivity index (χ4n) is 2.14. The Balaban J connectivity index is 1.85. The van der Waals surface area contributed by atoms with Gasteiger partial charge in [-0.3, -0.25) is 0 Å². The molecule has 0 bridgehead atoms. The van der Waals surface area contributed by atoms with Crippen molar-refractivity contribution in [2.45, 2.75) is 25.3 Å². The van der Waals surface area contributed by atoms with Crippen LogP contribution in [-0.2, 0) is 16.6 Å². The SMILES string of the molecule is Cc1nn2c(CNS(=O)(=O)c3ccc(C#N)cc3)c(C)nc2s1. The number of rotatable bonds is 4. The largest absolute Gasteiger partial charge is 0.240 e. The van der Waals surface area contributed by atoms with Crippen LogP contribution in [0.5, 0.6) is 0 Å². The maximum absolute atomic E-state index is 12.3. The van der Waals surface area contributed by atoms with Crippen LogP contribution < -0.4 is 4.72 Å². The van der Waals surface area contributed by atoms with Gasteiger partial charge in [-0.05, 0) is 38.1 Å². The Morgan fingerprint density at radius 1 is 1.30 bits per heavy atom. The second kappa shape index (κ2) is 5.73. The fraction of sp³-hybridized carbons (Fsp3) is 0.214. The molecule has 0 amide bonds. The van der Waals surface area contributed by atoms with E-state index in [4.69, 9.17) is 5.26 Å². The first-order valence-corrected chi connectivity index (χ1v) is 9.02. The average Bonchev–Trinajstić information content (AvgIpc) is 3.00. The van der Waals surface area contributed by atoms with Crippen molar-refractivity contribution in [3.63, 3.8) is 0 Å². The minimum absolute atomic E-state index is 0.0957. The zero-order valence-corrected chi connectivity index (χ0v) is 14.1. The number of nitriles is 1. The Labute approximate surface area is 137 Å². The van der Waals surface area contributed by atoms with Crippen LogP contribution in [0, 0.1) is 25.2 Å². The lowest BCUT2D eigenvalue weighted by Crippen LogP contribution is -2.24. The number of imidazole rings is 1. The van der Waals surface area contributed by atoms with Crippen molar-refractivity contribution >= 4 is 26.3 Å². The Hall–Kier alpha value is -2.28. The lowest BCUT2D eigenvalue weighted by molar-refractivity contribution is 0.579. The molecule has 2 aromatic heterocycles. The molecule has 0 aliphatic heterocycles. The standard InChI is InChI=1S/C14H13N5O2S2/c1-9-13(19-14(17-9)22-10(2)18-19)8-16-23(20,21)12-5-3-11(7-15)4-6-12/h3-6,16H,8H2,1-2H3. The highest BCUT2D eigenvalue weighted by atomic mass is 32.2. The number of sulfonamides is 1. The highest BCUT2D eigenvalue weighted by molar-refractivity contribution is 7.89. The number of hydrogen-bond acceptors (Lipinski definition) is 6. The summed E-state index contributed by atoms with van der Waals surface area (Å²) in [4.78, 5) is 5.24. The Morgan fingerprint density at radius 2 is 2.00 bits per heavy atom. The van der Waals surface area contributed by atoms with E-state index in [1.807, 2.05) is 19.9 Å². The van der Waals surface area contributed by atoms with Gasteiger partial charge < -0.3 is 0 Å². The van der Waals surface area contributed by atoms with Gasteiger partial charge in [-0.2, -0.15) is 10.4 Å². The first-order chi connectivity index (χ1) is 10.9. The molecule has 0 saturated carbocycles. The molecule has 1 N–H and O–H groups in total. The molecule has 0 atom stereocenters. The number of aromatic nitrogens is 3. The summed E-state index contributed by atoms with van der Waals surface area (Å²) in [6.07, 6.45) is 0. The van der Waals surface area contributed by atoms with E-state index >= 15 is 0 Å². The molecule has 7 nitrogen and oxygen atoms in total. The topological polar surface area (TPSA) is 100 Å². The molecule has 0 radical (unpaired) electrons. The number of benzene rings is 1. The van der Waals surface area contributed by atoms with Gasteiger partial charge in [-0.25, -0.2) is 22.6 Å². The van der Waals surface area contributed by atoms with Gasteiger partial charge in [0.1, 0.15) is 5.01 Å². The van der Waals surface area contributed by atoms with Gasteiger partial charge in [0.25, 0.3) is 0 Å². The summed E-state index contributed by atoms with van der Waals surface area (Å²) in [6, 6.07) is 7.72. The number of nitrogens with one attached hydrogen (secondary N) is 1. The normalized spacial score (nSPS) is 11.7. The summed E-state index contributed by atoms with van der Waals surface area (Å²) in [5.74, 6) is 0. The van der Waals surface area contributed by atoms with Crippen LogP contribution in [0.4, 0.5) is 0 Å². The number of fused-ring (bicyclic) bond motifs is 1. The molecule has 0 aliphatic carbocycles. The second-order valence-corrected chi connectivity index (χ2v) is 7.85. The van der Waals surface area contributed by atoms with E-state index in [0.717, 1.165) is 15.7 Å². The number of hydrogen-bond donors (Lipinski definition) is 1. The van der Waals surface area contributed by atoms with Crippen molar-refractivity contribution in [1.82, 2.24) is 19.3 Å². The Kier molecular flexibility index (Phi) is 3.89. The van der Waals surface area contributed by atoms with Crippen molar-refractivity contribution in [2.75, 3.05) is 0 Å². The molecule has 0 aliphatic rings. The third-order valence-corrected chi connectivity index (χ3v) is 5.56. The zero-order chi connectivity index (χ0) is 16.6.